The highest BCUT2D eigenvalue weighted by atomic mass is 32.1. The molecule has 3 nitrogen and oxygen atoms in total. The molecular formula is C28H22FNO2S. The summed E-state index contributed by atoms with van der Waals surface area (Å²) in [5.74, 6) is -1.30. The van der Waals surface area contributed by atoms with Crippen molar-refractivity contribution in [3.63, 3.8) is 0 Å². The van der Waals surface area contributed by atoms with Crippen LogP contribution in [-0.4, -0.2) is 16.1 Å². The third kappa shape index (κ3) is 5.16. The van der Waals surface area contributed by atoms with E-state index in [4.69, 9.17) is 5.11 Å². The summed E-state index contributed by atoms with van der Waals surface area (Å²) in [6, 6.07) is 22.8. The van der Waals surface area contributed by atoms with Crippen molar-refractivity contribution in [3.05, 3.63) is 119 Å². The Labute approximate surface area is 196 Å². The van der Waals surface area contributed by atoms with Crippen LogP contribution in [0.15, 0.2) is 90.6 Å². The minimum absolute atomic E-state index is 0.298. The molecule has 0 aliphatic heterocycles. The molecule has 0 atom stereocenters. The highest BCUT2D eigenvalue weighted by Crippen LogP contribution is 2.37. The lowest BCUT2D eigenvalue weighted by atomic mass is 9.87. The molecule has 1 heterocycles. The topological polar surface area (TPSA) is 50.2 Å². The zero-order valence-corrected chi connectivity index (χ0v) is 18.9. The van der Waals surface area contributed by atoms with E-state index >= 15 is 4.39 Å². The van der Waals surface area contributed by atoms with Crippen molar-refractivity contribution in [2.24, 2.45) is 0 Å². The van der Waals surface area contributed by atoms with E-state index in [1.165, 1.54) is 17.4 Å². The van der Waals surface area contributed by atoms with Crippen LogP contribution in [0.25, 0.3) is 27.7 Å². The van der Waals surface area contributed by atoms with Gasteiger partial charge in [0, 0.05) is 17.8 Å². The Kier molecular flexibility index (Phi) is 6.91. The average molecular weight is 456 g/mol. The number of carboxylic acid groups (broad SMARTS) is 1. The molecule has 0 aliphatic carbocycles. The third-order valence-electron chi connectivity index (χ3n) is 5.35. The molecule has 4 aromatic rings. The van der Waals surface area contributed by atoms with Crippen LogP contribution in [0, 0.1) is 5.82 Å². The molecule has 4 rings (SSSR count). The van der Waals surface area contributed by atoms with Crippen molar-refractivity contribution in [1.29, 1.82) is 0 Å². The molecule has 1 aromatic heterocycles. The van der Waals surface area contributed by atoms with Crippen LogP contribution >= 0.6 is 11.3 Å². The maximum atomic E-state index is 15.6. The van der Waals surface area contributed by atoms with E-state index in [0.717, 1.165) is 50.8 Å². The number of halogens is 1. The molecule has 0 bridgehead atoms. The van der Waals surface area contributed by atoms with Crippen molar-refractivity contribution in [2.75, 3.05) is 0 Å². The summed E-state index contributed by atoms with van der Waals surface area (Å²) in [6.07, 6.45) is 5.10. The minimum atomic E-state index is -1.000. The number of aromatic nitrogens is 1. The van der Waals surface area contributed by atoms with Gasteiger partial charge in [-0.2, -0.15) is 0 Å². The Morgan fingerprint density at radius 2 is 1.79 bits per heavy atom. The van der Waals surface area contributed by atoms with Crippen molar-refractivity contribution < 1.29 is 14.3 Å². The molecule has 0 saturated heterocycles. The summed E-state index contributed by atoms with van der Waals surface area (Å²) in [5, 5.41) is 8.88. The van der Waals surface area contributed by atoms with Crippen molar-refractivity contribution >= 4 is 34.5 Å². The first kappa shape index (κ1) is 22.4. The highest BCUT2D eigenvalue weighted by molar-refractivity contribution is 7.13. The number of benzene rings is 3. The van der Waals surface area contributed by atoms with E-state index < -0.39 is 5.97 Å². The number of nitrogens with zero attached hydrogens (tertiary/aromatic N) is 1. The Hall–Kier alpha value is -3.83. The van der Waals surface area contributed by atoms with E-state index in [1.54, 1.807) is 17.8 Å². The van der Waals surface area contributed by atoms with Crippen LogP contribution in [0.5, 0.6) is 0 Å². The van der Waals surface area contributed by atoms with Gasteiger partial charge in [0.15, 0.2) is 0 Å². The van der Waals surface area contributed by atoms with Gasteiger partial charge in [0.05, 0.1) is 10.4 Å². The second-order valence-electron chi connectivity index (χ2n) is 7.43. The number of hydrogen-bond acceptors (Lipinski definition) is 3. The van der Waals surface area contributed by atoms with Gasteiger partial charge in [-0.25, -0.2) is 9.18 Å². The molecule has 164 valence electrons. The standard InChI is InChI=1S/C28H22FNO2S/c1-2-23(20-6-4-3-5-7-20)28(21-11-8-19(9-12-21)10-15-27(31)32)24-14-13-22(16-25(24)29)26-17-30-18-33-26/h3-18H,2H2,1H3,(H,31,32). The molecule has 0 radical (unpaired) electrons. The number of allylic oxidation sites excluding steroid dienone is 1. The molecule has 0 fully saturated rings. The van der Waals surface area contributed by atoms with E-state index in [1.807, 2.05) is 66.7 Å². The van der Waals surface area contributed by atoms with E-state index in [9.17, 15) is 4.79 Å². The smallest absolute Gasteiger partial charge is 0.328 e. The van der Waals surface area contributed by atoms with Crippen molar-refractivity contribution in [1.82, 2.24) is 4.98 Å². The van der Waals surface area contributed by atoms with Crippen LogP contribution in [0.2, 0.25) is 0 Å². The monoisotopic (exact) mass is 455 g/mol. The molecule has 0 saturated carbocycles. The predicted octanol–water partition coefficient (Wildman–Crippen LogP) is 7.42. The molecular weight excluding hydrogens is 433 g/mol. The lowest BCUT2D eigenvalue weighted by molar-refractivity contribution is -0.131. The first-order valence-electron chi connectivity index (χ1n) is 10.6. The molecule has 0 amide bonds. The largest absolute Gasteiger partial charge is 0.478 e. The molecule has 0 aliphatic rings. The van der Waals surface area contributed by atoms with E-state index in [2.05, 4.69) is 11.9 Å². The van der Waals surface area contributed by atoms with Gasteiger partial charge in [0.25, 0.3) is 0 Å². The lowest BCUT2D eigenvalue weighted by Crippen LogP contribution is -1.98. The van der Waals surface area contributed by atoms with Gasteiger partial charge < -0.3 is 5.11 Å². The maximum absolute atomic E-state index is 15.6. The van der Waals surface area contributed by atoms with Gasteiger partial charge in [0.2, 0.25) is 0 Å². The van der Waals surface area contributed by atoms with Gasteiger partial charge in [-0.1, -0.05) is 73.7 Å². The van der Waals surface area contributed by atoms with Crippen LogP contribution in [0.4, 0.5) is 4.39 Å². The fourth-order valence-corrected chi connectivity index (χ4v) is 4.43. The summed E-state index contributed by atoms with van der Waals surface area (Å²) in [7, 11) is 0. The molecule has 5 heteroatoms. The van der Waals surface area contributed by atoms with Gasteiger partial charge in [-0.05, 0) is 52.0 Å². The normalized spacial score (nSPS) is 12.1. The van der Waals surface area contributed by atoms with Gasteiger partial charge >= 0.3 is 5.97 Å². The first-order chi connectivity index (χ1) is 16.1. The number of aliphatic carboxylic acids is 1. The SMILES string of the molecule is CCC(=C(c1ccc(C=CC(=O)O)cc1)c1ccc(-c2cncs2)cc1F)c1ccccc1. The van der Waals surface area contributed by atoms with Gasteiger partial charge in [-0.3, -0.25) is 4.98 Å². The quantitative estimate of drug-likeness (QED) is 0.233. The number of thiazole rings is 1. The highest BCUT2D eigenvalue weighted by Gasteiger charge is 2.17. The third-order valence-corrected chi connectivity index (χ3v) is 6.17. The fourth-order valence-electron chi connectivity index (χ4n) is 3.81. The summed E-state index contributed by atoms with van der Waals surface area (Å²) < 4.78 is 15.6. The minimum Gasteiger partial charge on any atom is -0.478 e. The number of hydrogen-bond donors (Lipinski definition) is 1. The molecule has 33 heavy (non-hydrogen) atoms. The Morgan fingerprint density at radius 1 is 1.03 bits per heavy atom. The van der Waals surface area contributed by atoms with Crippen LogP contribution in [0.1, 0.15) is 35.6 Å². The van der Waals surface area contributed by atoms with Crippen LogP contribution in [-0.2, 0) is 4.79 Å². The average Bonchev–Trinajstić information content (AvgIpc) is 3.38. The maximum Gasteiger partial charge on any atom is 0.328 e. The zero-order valence-electron chi connectivity index (χ0n) is 18.0. The molecule has 3 aromatic carbocycles. The summed E-state index contributed by atoms with van der Waals surface area (Å²) >= 11 is 1.47. The number of rotatable bonds is 7. The summed E-state index contributed by atoms with van der Waals surface area (Å²) in [4.78, 5) is 15.8. The zero-order chi connectivity index (χ0) is 23.2. The second kappa shape index (κ2) is 10.2. The molecule has 0 spiro atoms. The molecule has 0 unspecified atom stereocenters. The Balaban J connectivity index is 1.87. The first-order valence-corrected chi connectivity index (χ1v) is 11.4. The lowest BCUT2D eigenvalue weighted by Gasteiger charge is -2.17. The van der Waals surface area contributed by atoms with E-state index in [-0.39, 0.29) is 5.82 Å². The Morgan fingerprint density at radius 3 is 2.39 bits per heavy atom. The second-order valence-corrected chi connectivity index (χ2v) is 8.31. The van der Waals surface area contributed by atoms with Crippen LogP contribution < -0.4 is 0 Å². The van der Waals surface area contributed by atoms with Crippen molar-refractivity contribution in [2.45, 2.75) is 13.3 Å². The predicted molar refractivity (Wildman–Crippen MR) is 133 cm³/mol. The van der Waals surface area contributed by atoms with Crippen LogP contribution in [0.3, 0.4) is 0 Å². The molecule has 1 N–H and O–H groups in total. The number of carbonyl (C=O) groups is 1. The number of carboxylic acids is 1. The van der Waals surface area contributed by atoms with E-state index in [0.29, 0.717) is 5.56 Å². The van der Waals surface area contributed by atoms with Crippen molar-refractivity contribution in [3.8, 4) is 10.4 Å². The van der Waals surface area contributed by atoms with Gasteiger partial charge in [-0.15, -0.1) is 11.3 Å². The summed E-state index contributed by atoms with van der Waals surface area (Å²) in [5.41, 5.74) is 7.59. The Bertz CT molecular complexity index is 1310. The van der Waals surface area contributed by atoms with Gasteiger partial charge in [0.1, 0.15) is 5.82 Å². The fraction of sp³-hybridized carbons (Fsp3) is 0.0714. The summed E-state index contributed by atoms with van der Waals surface area (Å²) in [6.45, 7) is 2.07.